The van der Waals surface area contributed by atoms with Crippen molar-refractivity contribution in [1.29, 1.82) is 0 Å². The van der Waals surface area contributed by atoms with Crippen molar-refractivity contribution in [3.05, 3.63) is 11.1 Å². The number of hydrogen-bond acceptors (Lipinski definition) is 3. The predicted molar refractivity (Wildman–Crippen MR) is 81.8 cm³/mol. The molecule has 2 amide bonds. The lowest BCUT2D eigenvalue weighted by atomic mass is 9.85. The number of piperidine rings is 1. The Labute approximate surface area is 131 Å². The summed E-state index contributed by atoms with van der Waals surface area (Å²) in [6, 6.07) is 0. The third-order valence-electron chi connectivity index (χ3n) is 4.97. The maximum atomic E-state index is 12.4. The highest BCUT2D eigenvalue weighted by atomic mass is 35.5. The molecule has 0 bridgehead atoms. The van der Waals surface area contributed by atoms with E-state index < -0.39 is 0 Å². The van der Waals surface area contributed by atoms with Crippen LogP contribution in [0, 0.1) is 11.8 Å². The van der Waals surface area contributed by atoms with Gasteiger partial charge in [0.05, 0.1) is 11.8 Å². The highest BCUT2D eigenvalue weighted by Gasteiger charge is 2.47. The molecule has 2 heterocycles. The highest BCUT2D eigenvalue weighted by molar-refractivity contribution is 6.30. The molecular formula is C16H23ClN2O2. The van der Waals surface area contributed by atoms with Gasteiger partial charge >= 0.3 is 0 Å². The van der Waals surface area contributed by atoms with Crippen LogP contribution in [0.2, 0.25) is 0 Å². The molecule has 2 aliphatic heterocycles. The lowest BCUT2D eigenvalue weighted by Crippen LogP contribution is -2.36. The summed E-state index contributed by atoms with van der Waals surface area (Å²) < 4.78 is 0. The van der Waals surface area contributed by atoms with Gasteiger partial charge in [-0.2, -0.15) is 0 Å². The molecule has 3 rings (SSSR count). The molecule has 5 heteroatoms. The first-order valence-corrected chi connectivity index (χ1v) is 8.46. The van der Waals surface area contributed by atoms with Gasteiger partial charge in [-0.05, 0) is 51.7 Å². The van der Waals surface area contributed by atoms with Gasteiger partial charge in [0.25, 0.3) is 0 Å². The van der Waals surface area contributed by atoms with E-state index in [1.165, 1.54) is 24.2 Å². The van der Waals surface area contributed by atoms with Gasteiger partial charge in [0.2, 0.25) is 11.8 Å². The van der Waals surface area contributed by atoms with E-state index in [-0.39, 0.29) is 23.7 Å². The minimum atomic E-state index is -0.204. The zero-order valence-corrected chi connectivity index (χ0v) is 13.1. The van der Waals surface area contributed by atoms with E-state index in [0.29, 0.717) is 19.4 Å². The standard InChI is InChI=1S/C16H23ClN2O2/c17-12-5-6-13-14(11-12)16(21)19(15(13)20)10-4-9-18-7-2-1-3-8-18/h5,13-14H,1-4,6-11H2/t13-,14+/m0/s1. The van der Waals surface area contributed by atoms with Crippen molar-refractivity contribution in [1.82, 2.24) is 9.80 Å². The number of rotatable bonds is 4. The number of nitrogens with zero attached hydrogens (tertiary/aromatic N) is 2. The number of halogens is 1. The summed E-state index contributed by atoms with van der Waals surface area (Å²) in [7, 11) is 0. The largest absolute Gasteiger partial charge is 0.303 e. The van der Waals surface area contributed by atoms with Crippen LogP contribution in [-0.4, -0.2) is 47.8 Å². The molecule has 0 radical (unpaired) electrons. The van der Waals surface area contributed by atoms with Gasteiger partial charge in [-0.1, -0.05) is 24.1 Å². The number of likely N-dealkylation sites (tertiary alicyclic amines) is 2. The fourth-order valence-electron chi connectivity index (χ4n) is 3.75. The molecule has 0 N–H and O–H groups in total. The Hall–Kier alpha value is -0.870. The highest BCUT2D eigenvalue weighted by Crippen LogP contribution is 2.38. The van der Waals surface area contributed by atoms with E-state index >= 15 is 0 Å². The first kappa shape index (κ1) is 15.0. The molecule has 2 atom stereocenters. The SMILES string of the molecule is O=C1[C@H]2CC=C(Cl)C[C@H]2C(=O)N1CCCN1CCCCC1. The maximum absolute atomic E-state index is 12.4. The van der Waals surface area contributed by atoms with Crippen molar-refractivity contribution in [2.45, 2.75) is 38.5 Å². The molecule has 4 nitrogen and oxygen atoms in total. The molecule has 2 saturated heterocycles. The predicted octanol–water partition coefficient (Wildman–Crippen LogP) is 2.38. The fraction of sp³-hybridized carbons (Fsp3) is 0.750. The number of carbonyl (C=O) groups is 2. The molecule has 0 spiro atoms. The Morgan fingerprint density at radius 2 is 1.76 bits per heavy atom. The van der Waals surface area contributed by atoms with Crippen molar-refractivity contribution in [2.24, 2.45) is 11.8 Å². The van der Waals surface area contributed by atoms with Crippen molar-refractivity contribution in [2.75, 3.05) is 26.2 Å². The quantitative estimate of drug-likeness (QED) is 0.749. The maximum Gasteiger partial charge on any atom is 0.233 e. The summed E-state index contributed by atoms with van der Waals surface area (Å²) in [5.74, 6) is -0.348. The third-order valence-corrected chi connectivity index (χ3v) is 5.27. The molecule has 0 aromatic heterocycles. The van der Waals surface area contributed by atoms with Gasteiger partial charge in [-0.15, -0.1) is 0 Å². The van der Waals surface area contributed by atoms with Crippen molar-refractivity contribution < 1.29 is 9.59 Å². The first-order valence-electron chi connectivity index (χ1n) is 8.09. The van der Waals surface area contributed by atoms with Gasteiger partial charge < -0.3 is 4.90 Å². The minimum Gasteiger partial charge on any atom is -0.303 e. The van der Waals surface area contributed by atoms with Crippen LogP contribution in [0.4, 0.5) is 0 Å². The summed E-state index contributed by atoms with van der Waals surface area (Å²) in [5.41, 5.74) is 0. The topological polar surface area (TPSA) is 40.6 Å². The molecule has 0 aromatic rings. The van der Waals surface area contributed by atoms with Gasteiger partial charge in [-0.25, -0.2) is 0 Å². The fourth-order valence-corrected chi connectivity index (χ4v) is 4.01. The van der Waals surface area contributed by atoms with Gasteiger partial charge in [0.15, 0.2) is 0 Å². The Morgan fingerprint density at radius 3 is 2.52 bits per heavy atom. The van der Waals surface area contributed by atoms with E-state index in [1.807, 2.05) is 6.08 Å². The molecule has 3 aliphatic rings. The summed E-state index contributed by atoms with van der Waals surface area (Å²) in [4.78, 5) is 28.7. The average molecular weight is 311 g/mol. The van der Waals surface area contributed by atoms with Crippen LogP contribution in [0.3, 0.4) is 0 Å². The van der Waals surface area contributed by atoms with E-state index in [4.69, 9.17) is 11.6 Å². The monoisotopic (exact) mass is 310 g/mol. The van der Waals surface area contributed by atoms with E-state index in [0.717, 1.165) is 31.1 Å². The van der Waals surface area contributed by atoms with Crippen molar-refractivity contribution in [3.8, 4) is 0 Å². The Morgan fingerprint density at radius 1 is 1.05 bits per heavy atom. The van der Waals surface area contributed by atoms with Gasteiger partial charge in [-0.3, -0.25) is 14.5 Å². The number of carbonyl (C=O) groups excluding carboxylic acids is 2. The number of fused-ring (bicyclic) bond motifs is 1. The van der Waals surface area contributed by atoms with Crippen molar-refractivity contribution >= 4 is 23.4 Å². The molecule has 2 fully saturated rings. The number of imide groups is 1. The first-order chi connectivity index (χ1) is 10.2. The van der Waals surface area contributed by atoms with Crippen LogP contribution in [0.5, 0.6) is 0 Å². The van der Waals surface area contributed by atoms with E-state index in [2.05, 4.69) is 4.90 Å². The second-order valence-electron chi connectivity index (χ2n) is 6.39. The molecule has 116 valence electrons. The molecule has 0 aromatic carbocycles. The van der Waals surface area contributed by atoms with Crippen LogP contribution in [-0.2, 0) is 9.59 Å². The number of hydrogen-bond donors (Lipinski definition) is 0. The Balaban J connectivity index is 1.52. The number of amides is 2. The molecule has 1 aliphatic carbocycles. The zero-order chi connectivity index (χ0) is 14.8. The lowest BCUT2D eigenvalue weighted by Gasteiger charge is -2.27. The van der Waals surface area contributed by atoms with Crippen LogP contribution < -0.4 is 0 Å². The molecular weight excluding hydrogens is 288 g/mol. The minimum absolute atomic E-state index is 0.00473. The summed E-state index contributed by atoms with van der Waals surface area (Å²) in [5, 5.41) is 0.729. The van der Waals surface area contributed by atoms with Gasteiger partial charge in [0, 0.05) is 11.6 Å². The van der Waals surface area contributed by atoms with Crippen molar-refractivity contribution in [3.63, 3.8) is 0 Å². The Bertz CT molecular complexity index is 457. The van der Waals surface area contributed by atoms with E-state index in [9.17, 15) is 9.59 Å². The van der Waals surface area contributed by atoms with Crippen LogP contribution in [0.25, 0.3) is 0 Å². The molecule has 0 unspecified atom stereocenters. The third kappa shape index (κ3) is 3.16. The second-order valence-corrected chi connectivity index (χ2v) is 6.87. The van der Waals surface area contributed by atoms with E-state index in [1.54, 1.807) is 0 Å². The zero-order valence-electron chi connectivity index (χ0n) is 12.4. The van der Waals surface area contributed by atoms with Crippen LogP contribution >= 0.6 is 11.6 Å². The average Bonchev–Trinajstić information content (AvgIpc) is 2.73. The number of allylic oxidation sites excluding steroid dienone is 2. The summed E-state index contributed by atoms with van der Waals surface area (Å²) in [6.07, 6.45) is 7.82. The smallest absolute Gasteiger partial charge is 0.233 e. The molecule has 21 heavy (non-hydrogen) atoms. The summed E-state index contributed by atoms with van der Waals surface area (Å²) >= 11 is 6.02. The molecule has 0 saturated carbocycles. The Kier molecular flexibility index (Phi) is 4.65. The van der Waals surface area contributed by atoms with Gasteiger partial charge in [0.1, 0.15) is 0 Å². The lowest BCUT2D eigenvalue weighted by molar-refractivity contribution is -0.140. The normalized spacial score (nSPS) is 30.5. The summed E-state index contributed by atoms with van der Waals surface area (Å²) in [6.45, 7) is 3.88. The van der Waals surface area contributed by atoms with Crippen LogP contribution in [0.15, 0.2) is 11.1 Å². The second kappa shape index (κ2) is 6.49. The van der Waals surface area contributed by atoms with Crippen LogP contribution in [0.1, 0.15) is 38.5 Å².